The second-order valence-corrected chi connectivity index (χ2v) is 6.88. The Morgan fingerprint density at radius 2 is 1.91 bits per heavy atom. The molecule has 1 aromatic rings. The molecule has 0 radical (unpaired) electrons. The van der Waals surface area contributed by atoms with Gasteiger partial charge in [-0.3, -0.25) is 0 Å². The molecule has 3 atom stereocenters. The summed E-state index contributed by atoms with van der Waals surface area (Å²) in [4.78, 5) is 0. The van der Waals surface area contributed by atoms with Crippen LogP contribution in [0.25, 0.3) is 0 Å². The summed E-state index contributed by atoms with van der Waals surface area (Å²) in [6, 6.07) is 6.11. The summed E-state index contributed by atoms with van der Waals surface area (Å²) < 4.78 is 5.76. The van der Waals surface area contributed by atoms with Crippen molar-refractivity contribution in [3.8, 4) is 5.75 Å². The number of aryl methyl sites for hydroxylation is 1. The van der Waals surface area contributed by atoms with Crippen LogP contribution in [0, 0.1) is 12.8 Å². The zero-order valence-corrected chi connectivity index (χ0v) is 14.8. The van der Waals surface area contributed by atoms with Crippen LogP contribution >= 0.6 is 0 Å². The number of ether oxygens (including phenoxy) is 1. The van der Waals surface area contributed by atoms with Crippen molar-refractivity contribution < 1.29 is 9.84 Å². The fraction of sp³-hybridized carbons (Fsp3) is 0.684. The molecule has 3 heteroatoms. The normalized spacial score (nSPS) is 15.6. The van der Waals surface area contributed by atoms with Gasteiger partial charge in [0, 0.05) is 6.04 Å². The van der Waals surface area contributed by atoms with E-state index in [0.717, 1.165) is 25.2 Å². The molecular weight excluding hydrogens is 274 g/mol. The minimum atomic E-state index is -0.439. The number of aliphatic hydroxyl groups excluding tert-OH is 1. The monoisotopic (exact) mass is 307 g/mol. The summed E-state index contributed by atoms with van der Waals surface area (Å²) in [5, 5.41) is 10.2. The molecule has 0 amide bonds. The van der Waals surface area contributed by atoms with Gasteiger partial charge >= 0.3 is 0 Å². The van der Waals surface area contributed by atoms with Crippen LogP contribution in [0.2, 0.25) is 0 Å². The Balaban J connectivity index is 2.67. The molecule has 126 valence electrons. The first-order valence-electron chi connectivity index (χ1n) is 8.52. The maximum Gasteiger partial charge on any atom is 0.119 e. The molecule has 0 fully saturated rings. The Morgan fingerprint density at radius 3 is 2.45 bits per heavy atom. The SMILES string of the molecule is CCCC(N)C(O)CC(C)c1ccc(OCC(C)C)cc1C. The maximum absolute atomic E-state index is 10.2. The minimum Gasteiger partial charge on any atom is -0.493 e. The number of benzene rings is 1. The molecular formula is C19H33NO2. The fourth-order valence-corrected chi connectivity index (χ4v) is 2.74. The van der Waals surface area contributed by atoms with E-state index in [1.54, 1.807) is 0 Å². The van der Waals surface area contributed by atoms with Crippen molar-refractivity contribution in [1.29, 1.82) is 0 Å². The van der Waals surface area contributed by atoms with Crippen molar-refractivity contribution in [3.05, 3.63) is 29.3 Å². The Labute approximate surface area is 135 Å². The molecule has 0 aliphatic rings. The molecule has 1 aromatic carbocycles. The number of nitrogens with two attached hydrogens (primary N) is 1. The smallest absolute Gasteiger partial charge is 0.119 e. The lowest BCUT2D eigenvalue weighted by molar-refractivity contribution is 0.124. The van der Waals surface area contributed by atoms with Crippen LogP contribution in [0.1, 0.15) is 64.0 Å². The van der Waals surface area contributed by atoms with Crippen LogP contribution in [0.5, 0.6) is 5.75 Å². The second kappa shape index (κ2) is 9.16. The summed E-state index contributed by atoms with van der Waals surface area (Å²) in [6.45, 7) is 11.4. The van der Waals surface area contributed by atoms with Gasteiger partial charge in [-0.15, -0.1) is 0 Å². The zero-order valence-electron chi connectivity index (χ0n) is 14.8. The number of rotatable bonds is 9. The highest BCUT2D eigenvalue weighted by Gasteiger charge is 2.19. The third-order valence-corrected chi connectivity index (χ3v) is 4.07. The lowest BCUT2D eigenvalue weighted by Gasteiger charge is -2.23. The van der Waals surface area contributed by atoms with Gasteiger partial charge < -0.3 is 15.6 Å². The average Bonchev–Trinajstić information content (AvgIpc) is 2.45. The molecule has 0 saturated carbocycles. The van der Waals surface area contributed by atoms with Crippen LogP contribution in [-0.2, 0) is 0 Å². The van der Waals surface area contributed by atoms with Gasteiger partial charge in [-0.05, 0) is 54.9 Å². The van der Waals surface area contributed by atoms with E-state index in [-0.39, 0.29) is 12.0 Å². The number of hydrogen-bond acceptors (Lipinski definition) is 3. The largest absolute Gasteiger partial charge is 0.493 e. The topological polar surface area (TPSA) is 55.5 Å². The Hall–Kier alpha value is -1.06. The summed E-state index contributed by atoms with van der Waals surface area (Å²) in [7, 11) is 0. The summed E-state index contributed by atoms with van der Waals surface area (Å²) >= 11 is 0. The van der Waals surface area contributed by atoms with Crippen LogP contribution in [-0.4, -0.2) is 23.9 Å². The van der Waals surface area contributed by atoms with Gasteiger partial charge in [-0.25, -0.2) is 0 Å². The zero-order chi connectivity index (χ0) is 16.7. The number of aliphatic hydroxyl groups is 1. The molecule has 1 rings (SSSR count). The molecule has 0 aliphatic carbocycles. The van der Waals surface area contributed by atoms with Crippen LogP contribution in [0.15, 0.2) is 18.2 Å². The fourth-order valence-electron chi connectivity index (χ4n) is 2.74. The third-order valence-electron chi connectivity index (χ3n) is 4.07. The molecule has 0 spiro atoms. The van der Waals surface area contributed by atoms with Crippen molar-refractivity contribution in [3.63, 3.8) is 0 Å². The molecule has 3 unspecified atom stereocenters. The quantitative estimate of drug-likeness (QED) is 0.724. The van der Waals surface area contributed by atoms with Gasteiger partial charge in [0.1, 0.15) is 5.75 Å². The maximum atomic E-state index is 10.2. The lowest BCUT2D eigenvalue weighted by Crippen LogP contribution is -2.35. The predicted molar refractivity (Wildman–Crippen MR) is 93.4 cm³/mol. The second-order valence-electron chi connectivity index (χ2n) is 6.88. The van der Waals surface area contributed by atoms with E-state index in [1.165, 1.54) is 11.1 Å². The highest BCUT2D eigenvalue weighted by molar-refractivity contribution is 5.36. The minimum absolute atomic E-state index is 0.124. The standard InChI is InChI=1S/C19H33NO2/c1-6-7-18(20)19(21)11-15(5)17-9-8-16(10-14(17)4)22-12-13(2)3/h8-10,13,15,18-19,21H,6-7,11-12,20H2,1-5H3. The molecule has 0 heterocycles. The lowest BCUT2D eigenvalue weighted by atomic mass is 9.89. The first-order valence-corrected chi connectivity index (χ1v) is 8.52. The van der Waals surface area contributed by atoms with Crippen LogP contribution < -0.4 is 10.5 Å². The van der Waals surface area contributed by atoms with E-state index in [4.69, 9.17) is 10.5 Å². The van der Waals surface area contributed by atoms with E-state index >= 15 is 0 Å². The van der Waals surface area contributed by atoms with Crippen molar-refractivity contribution >= 4 is 0 Å². The van der Waals surface area contributed by atoms with E-state index in [0.29, 0.717) is 12.3 Å². The highest BCUT2D eigenvalue weighted by atomic mass is 16.5. The average molecular weight is 307 g/mol. The highest BCUT2D eigenvalue weighted by Crippen LogP contribution is 2.28. The van der Waals surface area contributed by atoms with Crippen molar-refractivity contribution in [1.82, 2.24) is 0 Å². The Kier molecular flexibility index (Phi) is 7.91. The molecule has 0 saturated heterocycles. The van der Waals surface area contributed by atoms with Gasteiger partial charge in [0.05, 0.1) is 12.7 Å². The molecule has 3 nitrogen and oxygen atoms in total. The van der Waals surface area contributed by atoms with Gasteiger partial charge in [0.25, 0.3) is 0 Å². The number of hydrogen-bond donors (Lipinski definition) is 2. The van der Waals surface area contributed by atoms with E-state index in [9.17, 15) is 5.11 Å². The van der Waals surface area contributed by atoms with Gasteiger partial charge in [-0.1, -0.05) is 40.2 Å². The van der Waals surface area contributed by atoms with Crippen molar-refractivity contribution in [2.24, 2.45) is 11.7 Å². The first kappa shape index (κ1) is 19.0. The Morgan fingerprint density at radius 1 is 1.23 bits per heavy atom. The first-order chi connectivity index (χ1) is 10.3. The molecule has 0 bridgehead atoms. The van der Waals surface area contributed by atoms with Crippen LogP contribution in [0.3, 0.4) is 0 Å². The van der Waals surface area contributed by atoms with Gasteiger partial charge in [0.15, 0.2) is 0 Å². The summed E-state index contributed by atoms with van der Waals surface area (Å²) in [5.74, 6) is 1.73. The predicted octanol–water partition coefficient (Wildman–Crippen LogP) is 4.01. The summed E-state index contributed by atoms with van der Waals surface area (Å²) in [5.41, 5.74) is 8.49. The van der Waals surface area contributed by atoms with Crippen molar-refractivity contribution in [2.75, 3.05) is 6.61 Å². The molecule has 22 heavy (non-hydrogen) atoms. The van der Waals surface area contributed by atoms with E-state index < -0.39 is 6.10 Å². The molecule has 0 aromatic heterocycles. The van der Waals surface area contributed by atoms with Gasteiger partial charge in [-0.2, -0.15) is 0 Å². The van der Waals surface area contributed by atoms with E-state index in [1.807, 2.05) is 6.07 Å². The third kappa shape index (κ3) is 5.98. The van der Waals surface area contributed by atoms with E-state index in [2.05, 4.69) is 46.8 Å². The Bertz CT molecular complexity index is 445. The molecule has 0 aliphatic heterocycles. The molecule has 3 N–H and O–H groups in total. The van der Waals surface area contributed by atoms with Gasteiger partial charge in [0.2, 0.25) is 0 Å². The van der Waals surface area contributed by atoms with Crippen molar-refractivity contribution in [2.45, 2.75) is 71.9 Å². The van der Waals surface area contributed by atoms with Crippen LogP contribution in [0.4, 0.5) is 0 Å². The summed E-state index contributed by atoms with van der Waals surface area (Å²) in [6.07, 6.45) is 2.14.